The van der Waals surface area contributed by atoms with E-state index in [0.29, 0.717) is 24.0 Å². The van der Waals surface area contributed by atoms with E-state index in [1.807, 2.05) is 54.6 Å². The number of nitrogens with zero attached hydrogens (tertiary/aromatic N) is 2. The molecule has 2 amide bonds. The van der Waals surface area contributed by atoms with E-state index in [9.17, 15) is 9.59 Å². The molecule has 0 radical (unpaired) electrons. The molecule has 162 valence electrons. The van der Waals surface area contributed by atoms with Crippen LogP contribution < -0.4 is 10.1 Å². The highest BCUT2D eigenvalue weighted by molar-refractivity contribution is 8.15. The quantitative estimate of drug-likeness (QED) is 0.709. The molecule has 2 fully saturated rings. The molecule has 2 heterocycles. The van der Waals surface area contributed by atoms with Gasteiger partial charge in [-0.05, 0) is 49.2 Å². The van der Waals surface area contributed by atoms with Gasteiger partial charge in [0.05, 0.1) is 25.4 Å². The van der Waals surface area contributed by atoms with Crippen molar-refractivity contribution in [1.82, 2.24) is 4.90 Å². The van der Waals surface area contributed by atoms with Crippen LogP contribution in [0.25, 0.3) is 0 Å². The zero-order chi connectivity index (χ0) is 21.6. The van der Waals surface area contributed by atoms with Gasteiger partial charge in [-0.25, -0.2) is 4.99 Å². The normalized spacial score (nSPS) is 22.2. The molecule has 2 aliphatic heterocycles. The zero-order valence-electron chi connectivity index (χ0n) is 17.3. The van der Waals surface area contributed by atoms with Crippen molar-refractivity contribution >= 4 is 40.1 Å². The topological polar surface area (TPSA) is 80.2 Å². The minimum Gasteiger partial charge on any atom is -0.497 e. The Hall–Kier alpha value is -2.84. The Kier molecular flexibility index (Phi) is 6.89. The second kappa shape index (κ2) is 9.98. The van der Waals surface area contributed by atoms with Crippen LogP contribution in [0.2, 0.25) is 0 Å². The van der Waals surface area contributed by atoms with Crippen LogP contribution in [0.3, 0.4) is 0 Å². The molecule has 0 saturated carbocycles. The number of rotatable bonds is 7. The molecule has 0 bridgehead atoms. The van der Waals surface area contributed by atoms with E-state index in [-0.39, 0.29) is 24.3 Å². The van der Waals surface area contributed by atoms with E-state index in [1.54, 1.807) is 12.0 Å². The lowest BCUT2D eigenvalue weighted by Gasteiger charge is -2.20. The largest absolute Gasteiger partial charge is 0.497 e. The highest BCUT2D eigenvalue weighted by Crippen LogP contribution is 2.33. The van der Waals surface area contributed by atoms with E-state index >= 15 is 0 Å². The summed E-state index contributed by atoms with van der Waals surface area (Å²) in [5.41, 5.74) is 1.44. The monoisotopic (exact) mass is 439 g/mol. The molecule has 0 aromatic heterocycles. The number of ether oxygens (including phenoxy) is 2. The summed E-state index contributed by atoms with van der Waals surface area (Å²) < 4.78 is 10.9. The molecule has 7 nitrogen and oxygen atoms in total. The van der Waals surface area contributed by atoms with Crippen molar-refractivity contribution in [1.29, 1.82) is 0 Å². The van der Waals surface area contributed by atoms with Crippen LogP contribution in [0.4, 0.5) is 11.4 Å². The van der Waals surface area contributed by atoms with Gasteiger partial charge in [0.1, 0.15) is 11.0 Å². The molecule has 2 atom stereocenters. The first-order valence-electron chi connectivity index (χ1n) is 10.3. The Bertz CT molecular complexity index is 943. The number of amides is 2. The standard InChI is InChI=1S/C23H25N3O4S/c1-29-18-11-9-17(10-12-18)25-23-26(15-19-8-5-13-30-19)22(28)20(31-23)14-21(27)24-16-6-3-2-4-7-16/h2-4,6-7,9-12,19-20H,5,8,13-15H2,1H3,(H,24,27)/t19-,20+/m1/s1. The van der Waals surface area contributed by atoms with Gasteiger partial charge in [-0.1, -0.05) is 30.0 Å². The molecule has 0 aliphatic carbocycles. The third-order valence-electron chi connectivity index (χ3n) is 5.16. The summed E-state index contributed by atoms with van der Waals surface area (Å²) in [6.07, 6.45) is 2.00. The van der Waals surface area contributed by atoms with Gasteiger partial charge in [-0.2, -0.15) is 0 Å². The molecule has 2 aliphatic rings. The Labute approximate surface area is 185 Å². The molecule has 4 rings (SSSR count). The zero-order valence-corrected chi connectivity index (χ0v) is 18.1. The van der Waals surface area contributed by atoms with Crippen LogP contribution in [0, 0.1) is 0 Å². The highest BCUT2D eigenvalue weighted by Gasteiger charge is 2.40. The molecule has 2 saturated heterocycles. The molecule has 2 aromatic rings. The van der Waals surface area contributed by atoms with Gasteiger partial charge in [0.2, 0.25) is 11.8 Å². The number of hydrogen-bond acceptors (Lipinski definition) is 6. The summed E-state index contributed by atoms with van der Waals surface area (Å²) in [5, 5.41) is 2.94. The lowest BCUT2D eigenvalue weighted by molar-refractivity contribution is -0.129. The SMILES string of the molecule is COc1ccc(N=C2S[C@@H](CC(=O)Nc3ccccc3)C(=O)N2C[C@H]2CCCO2)cc1. The molecule has 0 spiro atoms. The van der Waals surface area contributed by atoms with E-state index in [4.69, 9.17) is 14.5 Å². The number of benzene rings is 2. The fourth-order valence-corrected chi connectivity index (χ4v) is 4.72. The second-order valence-corrected chi connectivity index (χ2v) is 8.57. The fourth-order valence-electron chi connectivity index (χ4n) is 3.55. The number of methoxy groups -OCH3 is 1. The minimum atomic E-state index is -0.512. The molecular weight excluding hydrogens is 414 g/mol. The maximum absolute atomic E-state index is 13.2. The Morgan fingerprint density at radius 3 is 2.68 bits per heavy atom. The van der Waals surface area contributed by atoms with Crippen molar-refractivity contribution in [2.45, 2.75) is 30.6 Å². The maximum atomic E-state index is 13.2. The first kappa shape index (κ1) is 21.4. The first-order valence-corrected chi connectivity index (χ1v) is 11.2. The number of nitrogens with one attached hydrogen (secondary N) is 1. The van der Waals surface area contributed by atoms with E-state index in [2.05, 4.69) is 5.32 Å². The third kappa shape index (κ3) is 5.45. The molecular formula is C23H25N3O4S. The summed E-state index contributed by atoms with van der Waals surface area (Å²) in [4.78, 5) is 32.0. The van der Waals surface area contributed by atoms with Crippen molar-refractivity contribution < 1.29 is 19.1 Å². The van der Waals surface area contributed by atoms with Crippen molar-refractivity contribution in [3.63, 3.8) is 0 Å². The number of carbonyl (C=O) groups is 2. The van der Waals surface area contributed by atoms with Gasteiger partial charge in [-0.3, -0.25) is 14.5 Å². The van der Waals surface area contributed by atoms with E-state index in [0.717, 1.165) is 24.3 Å². The summed E-state index contributed by atoms with van der Waals surface area (Å²) in [5.74, 6) is 0.446. The number of carbonyl (C=O) groups excluding carboxylic acids is 2. The number of para-hydroxylation sites is 1. The Balaban J connectivity index is 1.49. The smallest absolute Gasteiger partial charge is 0.242 e. The first-order chi connectivity index (χ1) is 15.1. The summed E-state index contributed by atoms with van der Waals surface area (Å²) in [7, 11) is 1.61. The van der Waals surface area contributed by atoms with Crippen LogP contribution in [0.15, 0.2) is 59.6 Å². The lowest BCUT2D eigenvalue weighted by Crippen LogP contribution is -2.38. The fraction of sp³-hybridized carbons (Fsp3) is 0.348. The lowest BCUT2D eigenvalue weighted by atomic mass is 10.2. The maximum Gasteiger partial charge on any atom is 0.242 e. The summed E-state index contributed by atoms with van der Waals surface area (Å²) in [6.45, 7) is 1.17. The van der Waals surface area contributed by atoms with E-state index < -0.39 is 5.25 Å². The van der Waals surface area contributed by atoms with Crippen LogP contribution in [-0.4, -0.2) is 53.5 Å². The summed E-state index contributed by atoms with van der Waals surface area (Å²) >= 11 is 1.33. The average Bonchev–Trinajstić information content (AvgIpc) is 3.39. The van der Waals surface area contributed by atoms with Crippen LogP contribution >= 0.6 is 11.8 Å². The van der Waals surface area contributed by atoms with Crippen molar-refractivity contribution in [2.75, 3.05) is 25.6 Å². The predicted molar refractivity (Wildman–Crippen MR) is 122 cm³/mol. The van der Waals surface area contributed by atoms with Crippen molar-refractivity contribution in [3.05, 3.63) is 54.6 Å². The van der Waals surface area contributed by atoms with Crippen LogP contribution in [0.1, 0.15) is 19.3 Å². The van der Waals surface area contributed by atoms with E-state index in [1.165, 1.54) is 11.8 Å². The molecule has 31 heavy (non-hydrogen) atoms. The average molecular weight is 440 g/mol. The molecule has 2 aromatic carbocycles. The van der Waals surface area contributed by atoms with Gasteiger partial charge in [0.15, 0.2) is 5.17 Å². The highest BCUT2D eigenvalue weighted by atomic mass is 32.2. The number of amidine groups is 1. The molecule has 8 heteroatoms. The number of aliphatic imine (C=N–C) groups is 1. The number of hydrogen-bond donors (Lipinski definition) is 1. The molecule has 1 N–H and O–H groups in total. The number of anilines is 1. The third-order valence-corrected chi connectivity index (χ3v) is 6.33. The Morgan fingerprint density at radius 1 is 1.23 bits per heavy atom. The van der Waals surface area contributed by atoms with Crippen molar-refractivity contribution in [2.24, 2.45) is 4.99 Å². The van der Waals surface area contributed by atoms with Crippen molar-refractivity contribution in [3.8, 4) is 5.75 Å². The second-order valence-electron chi connectivity index (χ2n) is 7.40. The van der Waals surface area contributed by atoms with Gasteiger partial charge < -0.3 is 14.8 Å². The van der Waals surface area contributed by atoms with Crippen LogP contribution in [0.5, 0.6) is 5.75 Å². The predicted octanol–water partition coefficient (Wildman–Crippen LogP) is 3.83. The number of thioether (sulfide) groups is 1. The molecule has 0 unspecified atom stereocenters. The van der Waals surface area contributed by atoms with Gasteiger partial charge in [0, 0.05) is 18.7 Å². The van der Waals surface area contributed by atoms with Gasteiger partial charge >= 0.3 is 0 Å². The minimum absolute atomic E-state index is 0.00233. The Morgan fingerprint density at radius 2 is 2.00 bits per heavy atom. The summed E-state index contributed by atoms with van der Waals surface area (Å²) in [6, 6.07) is 16.6. The van der Waals surface area contributed by atoms with Gasteiger partial charge in [0.25, 0.3) is 0 Å². The van der Waals surface area contributed by atoms with Crippen LogP contribution in [-0.2, 0) is 14.3 Å². The van der Waals surface area contributed by atoms with Gasteiger partial charge in [-0.15, -0.1) is 0 Å².